The lowest BCUT2D eigenvalue weighted by molar-refractivity contribution is -0.193. The third-order valence-electron chi connectivity index (χ3n) is 5.09. The molecule has 39 heavy (non-hydrogen) atoms. The molecule has 1 aliphatic heterocycles. The number of hydrogen-bond acceptors (Lipinski definition) is 6. The van der Waals surface area contributed by atoms with Crippen LogP contribution in [0.15, 0.2) is 55.0 Å². The lowest BCUT2D eigenvalue weighted by Crippen LogP contribution is -2.26. The summed E-state index contributed by atoms with van der Waals surface area (Å²) in [6, 6.07) is 12.5. The standard InChI is InChI=1S/C20H19FN4.2C2HF3O2/c21-16-6-4-15(5-7-16)20-18-8-11-25(12-9-19(18)23-14-24-20)13-17-3-1-2-10-22-17;2*3-2(4,5)1(6)7/h1-7,10,14H,8-9,11-13H2;2*(H,6,7). The minimum absolute atomic E-state index is 0.231. The van der Waals surface area contributed by atoms with Gasteiger partial charge in [0, 0.05) is 49.1 Å². The molecule has 0 amide bonds. The molecule has 2 aromatic heterocycles. The number of aromatic nitrogens is 3. The number of fused-ring (bicyclic) bond motifs is 1. The predicted octanol–water partition coefficient (Wildman–Crippen LogP) is 4.55. The fourth-order valence-electron chi connectivity index (χ4n) is 3.31. The summed E-state index contributed by atoms with van der Waals surface area (Å²) in [5.41, 5.74) is 5.22. The molecular weight excluding hydrogens is 541 g/mol. The van der Waals surface area contributed by atoms with E-state index in [0.717, 1.165) is 55.1 Å². The zero-order valence-electron chi connectivity index (χ0n) is 19.9. The van der Waals surface area contributed by atoms with Crippen molar-refractivity contribution in [2.75, 3.05) is 13.1 Å². The molecule has 0 aliphatic carbocycles. The van der Waals surface area contributed by atoms with Crippen LogP contribution < -0.4 is 0 Å². The summed E-state index contributed by atoms with van der Waals surface area (Å²) in [6.07, 6.45) is -4.94. The first-order valence-electron chi connectivity index (χ1n) is 11.0. The van der Waals surface area contributed by atoms with Crippen LogP contribution in [0.4, 0.5) is 30.7 Å². The summed E-state index contributed by atoms with van der Waals surface area (Å²) in [6.45, 7) is 2.72. The Bertz CT molecular complexity index is 1210. The largest absolute Gasteiger partial charge is 0.490 e. The number of carbonyl (C=O) groups is 2. The lowest BCUT2D eigenvalue weighted by Gasteiger charge is -2.18. The Balaban J connectivity index is 0.000000317. The molecule has 0 radical (unpaired) electrons. The van der Waals surface area contributed by atoms with Gasteiger partial charge in [-0.2, -0.15) is 26.3 Å². The molecule has 0 saturated carbocycles. The van der Waals surface area contributed by atoms with Gasteiger partial charge in [0.15, 0.2) is 0 Å². The van der Waals surface area contributed by atoms with Crippen molar-refractivity contribution in [2.45, 2.75) is 31.7 Å². The van der Waals surface area contributed by atoms with Crippen LogP contribution in [0.5, 0.6) is 0 Å². The first-order chi connectivity index (χ1) is 18.2. The monoisotopic (exact) mass is 562 g/mol. The molecule has 1 aromatic carbocycles. The minimum atomic E-state index is -5.08. The molecule has 15 heteroatoms. The van der Waals surface area contributed by atoms with Gasteiger partial charge in [-0.3, -0.25) is 9.88 Å². The van der Waals surface area contributed by atoms with E-state index in [2.05, 4.69) is 25.9 Å². The van der Waals surface area contributed by atoms with E-state index in [1.165, 1.54) is 17.7 Å². The zero-order valence-corrected chi connectivity index (χ0v) is 19.9. The quantitative estimate of drug-likeness (QED) is 0.447. The zero-order chi connectivity index (χ0) is 29.2. The molecule has 0 atom stereocenters. The highest BCUT2D eigenvalue weighted by Crippen LogP contribution is 2.26. The third kappa shape index (κ3) is 10.3. The van der Waals surface area contributed by atoms with E-state index >= 15 is 0 Å². The van der Waals surface area contributed by atoms with E-state index in [4.69, 9.17) is 19.8 Å². The first-order valence-corrected chi connectivity index (χ1v) is 11.0. The molecule has 2 N–H and O–H groups in total. The Labute approximate surface area is 216 Å². The molecule has 4 rings (SSSR count). The number of carboxylic acid groups (broad SMARTS) is 2. The van der Waals surface area contributed by atoms with E-state index in [1.54, 1.807) is 18.5 Å². The Morgan fingerprint density at radius 1 is 0.821 bits per heavy atom. The summed E-state index contributed by atoms with van der Waals surface area (Å²) in [5.74, 6) is -5.74. The van der Waals surface area contributed by atoms with Gasteiger partial charge in [-0.1, -0.05) is 6.07 Å². The first kappa shape index (κ1) is 31.1. The van der Waals surface area contributed by atoms with E-state index < -0.39 is 24.3 Å². The summed E-state index contributed by atoms with van der Waals surface area (Å²) < 4.78 is 76.7. The van der Waals surface area contributed by atoms with Gasteiger partial charge in [0.1, 0.15) is 12.1 Å². The highest BCUT2D eigenvalue weighted by atomic mass is 19.4. The number of alkyl halides is 6. The van der Waals surface area contributed by atoms with E-state index in [1.807, 2.05) is 18.3 Å². The molecule has 1 aliphatic rings. The lowest BCUT2D eigenvalue weighted by atomic mass is 10.0. The van der Waals surface area contributed by atoms with Crippen molar-refractivity contribution in [3.63, 3.8) is 0 Å². The van der Waals surface area contributed by atoms with E-state index in [9.17, 15) is 30.7 Å². The van der Waals surface area contributed by atoms with E-state index in [0.29, 0.717) is 0 Å². The maximum absolute atomic E-state index is 13.2. The van der Waals surface area contributed by atoms with Crippen molar-refractivity contribution >= 4 is 11.9 Å². The summed E-state index contributed by atoms with van der Waals surface area (Å²) >= 11 is 0. The summed E-state index contributed by atoms with van der Waals surface area (Å²) in [7, 11) is 0. The summed E-state index contributed by atoms with van der Waals surface area (Å²) in [4.78, 5) is 33.6. The van der Waals surface area contributed by atoms with Crippen LogP contribution in [0.2, 0.25) is 0 Å². The molecule has 8 nitrogen and oxygen atoms in total. The number of rotatable bonds is 3. The number of halogens is 7. The maximum Gasteiger partial charge on any atom is 0.490 e. The highest BCUT2D eigenvalue weighted by Gasteiger charge is 2.38. The number of pyridine rings is 1. The van der Waals surface area contributed by atoms with Crippen molar-refractivity contribution in [3.8, 4) is 11.3 Å². The van der Waals surface area contributed by atoms with E-state index in [-0.39, 0.29) is 5.82 Å². The Morgan fingerprint density at radius 3 is 1.90 bits per heavy atom. The van der Waals surface area contributed by atoms with Crippen molar-refractivity contribution in [1.29, 1.82) is 0 Å². The Kier molecular flexibility index (Phi) is 10.8. The number of nitrogens with zero attached hydrogens (tertiary/aromatic N) is 4. The third-order valence-corrected chi connectivity index (χ3v) is 5.09. The number of carboxylic acids is 2. The molecule has 3 aromatic rings. The van der Waals surface area contributed by atoms with Crippen LogP contribution in [0.3, 0.4) is 0 Å². The molecule has 0 unspecified atom stereocenters. The fourth-order valence-corrected chi connectivity index (χ4v) is 3.31. The van der Waals surface area contributed by atoms with Crippen LogP contribution in [0, 0.1) is 5.82 Å². The van der Waals surface area contributed by atoms with Gasteiger partial charge in [-0.05, 0) is 42.8 Å². The van der Waals surface area contributed by atoms with Crippen molar-refractivity contribution in [1.82, 2.24) is 19.9 Å². The smallest absolute Gasteiger partial charge is 0.475 e. The van der Waals surface area contributed by atoms with Crippen LogP contribution in [0.25, 0.3) is 11.3 Å². The molecule has 0 bridgehead atoms. The molecule has 3 heterocycles. The normalized spacial score (nSPS) is 13.5. The second kappa shape index (κ2) is 13.6. The summed E-state index contributed by atoms with van der Waals surface area (Å²) in [5, 5.41) is 14.2. The van der Waals surface area contributed by atoms with Gasteiger partial charge in [-0.25, -0.2) is 23.9 Å². The average molecular weight is 562 g/mol. The minimum Gasteiger partial charge on any atom is -0.475 e. The highest BCUT2D eigenvalue weighted by molar-refractivity contribution is 5.73. The van der Waals surface area contributed by atoms with Gasteiger partial charge < -0.3 is 10.2 Å². The number of benzene rings is 1. The van der Waals surface area contributed by atoms with Gasteiger partial charge in [-0.15, -0.1) is 0 Å². The average Bonchev–Trinajstić information content (AvgIpc) is 3.07. The Morgan fingerprint density at radius 2 is 1.38 bits per heavy atom. The van der Waals surface area contributed by atoms with Gasteiger partial charge >= 0.3 is 24.3 Å². The molecule has 0 spiro atoms. The Hall–Kier alpha value is -4.14. The second-order valence-electron chi connectivity index (χ2n) is 7.86. The van der Waals surface area contributed by atoms with Crippen LogP contribution in [-0.4, -0.2) is 67.4 Å². The SMILES string of the molecule is Fc1ccc(-c2ncnc3c2CCN(Cc2ccccn2)CC3)cc1.O=C(O)C(F)(F)F.O=C(O)C(F)(F)F. The van der Waals surface area contributed by atoms with Gasteiger partial charge in [0.05, 0.1) is 11.4 Å². The van der Waals surface area contributed by atoms with Crippen LogP contribution in [-0.2, 0) is 29.0 Å². The molecule has 0 fully saturated rings. The topological polar surface area (TPSA) is 117 Å². The molecular formula is C24H21F7N4O4. The predicted molar refractivity (Wildman–Crippen MR) is 122 cm³/mol. The van der Waals surface area contributed by atoms with Gasteiger partial charge in [0.25, 0.3) is 0 Å². The second-order valence-corrected chi connectivity index (χ2v) is 7.86. The number of hydrogen-bond donors (Lipinski definition) is 2. The molecule has 0 saturated heterocycles. The van der Waals surface area contributed by atoms with Crippen molar-refractivity contribution < 1.29 is 50.5 Å². The van der Waals surface area contributed by atoms with Crippen LogP contribution >= 0.6 is 0 Å². The van der Waals surface area contributed by atoms with Gasteiger partial charge in [0.2, 0.25) is 0 Å². The van der Waals surface area contributed by atoms with Crippen LogP contribution in [0.1, 0.15) is 17.0 Å². The number of aliphatic carboxylic acids is 2. The fraction of sp³-hybridized carbons (Fsp3) is 0.292. The van der Waals surface area contributed by atoms with Crippen molar-refractivity contribution in [3.05, 3.63) is 77.8 Å². The maximum atomic E-state index is 13.2. The molecule has 210 valence electrons. The van der Waals surface area contributed by atoms with Crippen molar-refractivity contribution in [2.24, 2.45) is 0 Å².